The van der Waals surface area contributed by atoms with Gasteiger partial charge >= 0.3 is 6.03 Å². The molecular weight excluding hydrogens is 244 g/mol. The Morgan fingerprint density at radius 1 is 1.00 bits per heavy atom. The van der Waals surface area contributed by atoms with Crippen LogP contribution in [0.1, 0.15) is 11.1 Å². The number of amides is 4. The Morgan fingerprint density at radius 3 is 2.11 bits per heavy atom. The molecule has 0 radical (unpaired) electrons. The van der Waals surface area contributed by atoms with Gasteiger partial charge < -0.3 is 0 Å². The van der Waals surface area contributed by atoms with Gasteiger partial charge in [0.25, 0.3) is 11.8 Å². The number of hydrogen-bond donors (Lipinski definition) is 0. The van der Waals surface area contributed by atoms with Crippen LogP contribution in [0.25, 0.3) is 6.08 Å². The van der Waals surface area contributed by atoms with E-state index in [9.17, 15) is 14.4 Å². The van der Waals surface area contributed by atoms with E-state index in [0.29, 0.717) is 0 Å². The molecule has 0 saturated carbocycles. The van der Waals surface area contributed by atoms with Gasteiger partial charge in [0.15, 0.2) is 0 Å². The number of imide groups is 2. The van der Waals surface area contributed by atoms with Crippen molar-refractivity contribution in [2.45, 2.75) is 6.92 Å². The smallest absolute Gasteiger partial charge is 0.268 e. The third kappa shape index (κ3) is 2.27. The monoisotopic (exact) mass is 258 g/mol. The fraction of sp³-hybridized carbons (Fsp3) is 0.214. The minimum atomic E-state index is -0.614. The van der Waals surface area contributed by atoms with Gasteiger partial charge in [-0.1, -0.05) is 29.8 Å². The van der Waals surface area contributed by atoms with Gasteiger partial charge in [0.2, 0.25) is 0 Å². The molecule has 1 aliphatic rings. The van der Waals surface area contributed by atoms with E-state index in [4.69, 9.17) is 0 Å². The predicted octanol–water partition coefficient (Wildman–Crippen LogP) is 1.43. The van der Waals surface area contributed by atoms with Gasteiger partial charge in [-0.3, -0.25) is 19.4 Å². The first-order valence-corrected chi connectivity index (χ1v) is 5.80. The topological polar surface area (TPSA) is 57.7 Å². The molecule has 19 heavy (non-hydrogen) atoms. The number of likely N-dealkylation sites (N-methyl/N-ethyl adjacent to an activating group) is 2. The highest BCUT2D eigenvalue weighted by Gasteiger charge is 2.37. The largest absolute Gasteiger partial charge is 0.333 e. The summed E-state index contributed by atoms with van der Waals surface area (Å²) in [6.45, 7) is 1.92. The zero-order valence-electron chi connectivity index (χ0n) is 11.0. The summed E-state index contributed by atoms with van der Waals surface area (Å²) in [6, 6.07) is 6.82. The van der Waals surface area contributed by atoms with E-state index >= 15 is 0 Å². The summed E-state index contributed by atoms with van der Waals surface area (Å²) in [4.78, 5) is 37.4. The molecule has 0 aliphatic carbocycles. The maximum absolute atomic E-state index is 12.0. The van der Waals surface area contributed by atoms with E-state index in [1.54, 1.807) is 6.07 Å². The molecule has 2 rings (SSSR count). The molecule has 0 N–H and O–H groups in total. The van der Waals surface area contributed by atoms with Crippen molar-refractivity contribution in [2.24, 2.45) is 0 Å². The number of carbonyl (C=O) groups is 3. The van der Waals surface area contributed by atoms with Crippen molar-refractivity contribution in [3.05, 3.63) is 41.0 Å². The first kappa shape index (κ1) is 13.0. The Morgan fingerprint density at radius 2 is 1.58 bits per heavy atom. The quantitative estimate of drug-likeness (QED) is 0.565. The van der Waals surface area contributed by atoms with Crippen LogP contribution in [-0.2, 0) is 9.59 Å². The average Bonchev–Trinajstić information content (AvgIpc) is 2.39. The second kappa shape index (κ2) is 4.68. The van der Waals surface area contributed by atoms with Crippen LogP contribution in [-0.4, -0.2) is 41.7 Å². The number of hydrogen-bond acceptors (Lipinski definition) is 3. The van der Waals surface area contributed by atoms with Crippen LogP contribution in [0.3, 0.4) is 0 Å². The predicted molar refractivity (Wildman–Crippen MR) is 70.1 cm³/mol. The van der Waals surface area contributed by atoms with E-state index in [1.807, 2.05) is 25.1 Å². The fourth-order valence-electron chi connectivity index (χ4n) is 1.90. The first-order valence-electron chi connectivity index (χ1n) is 5.80. The minimum Gasteiger partial charge on any atom is -0.268 e. The average molecular weight is 258 g/mol. The van der Waals surface area contributed by atoms with Gasteiger partial charge in [0.1, 0.15) is 5.57 Å². The second-order valence-electron chi connectivity index (χ2n) is 4.48. The van der Waals surface area contributed by atoms with Crippen LogP contribution in [0, 0.1) is 6.92 Å². The van der Waals surface area contributed by atoms with Gasteiger partial charge in [-0.15, -0.1) is 0 Å². The number of barbiturate groups is 1. The number of aryl methyl sites for hydroxylation is 1. The highest BCUT2D eigenvalue weighted by Crippen LogP contribution is 2.18. The van der Waals surface area contributed by atoms with Gasteiger partial charge in [-0.25, -0.2) is 4.79 Å². The molecule has 0 unspecified atom stereocenters. The summed E-state index contributed by atoms with van der Waals surface area (Å²) in [5.74, 6) is -1.15. The lowest BCUT2D eigenvalue weighted by Gasteiger charge is -2.28. The molecule has 1 fully saturated rings. The second-order valence-corrected chi connectivity index (χ2v) is 4.48. The van der Waals surface area contributed by atoms with Gasteiger partial charge in [0.05, 0.1) is 0 Å². The zero-order chi connectivity index (χ0) is 14.2. The molecule has 5 heteroatoms. The molecule has 0 aromatic heterocycles. The normalized spacial score (nSPS) is 16.2. The SMILES string of the molecule is Cc1cccc(C=C2C(=O)N(C)C(=O)N(C)C2=O)c1. The van der Waals surface area contributed by atoms with Gasteiger partial charge in [-0.05, 0) is 18.6 Å². The summed E-state index contributed by atoms with van der Waals surface area (Å²) in [5, 5.41) is 0. The van der Waals surface area contributed by atoms with Crippen molar-refractivity contribution in [3.8, 4) is 0 Å². The van der Waals surface area contributed by atoms with E-state index in [2.05, 4.69) is 0 Å². The maximum Gasteiger partial charge on any atom is 0.333 e. The summed E-state index contributed by atoms with van der Waals surface area (Å²) in [5.41, 5.74) is 1.78. The molecule has 1 aliphatic heterocycles. The fourth-order valence-corrected chi connectivity index (χ4v) is 1.90. The Bertz CT molecular complexity index is 578. The molecular formula is C14H14N2O3. The zero-order valence-corrected chi connectivity index (χ0v) is 11.0. The molecule has 1 saturated heterocycles. The van der Waals surface area contributed by atoms with Crippen molar-refractivity contribution < 1.29 is 14.4 Å². The number of nitrogens with zero attached hydrogens (tertiary/aromatic N) is 2. The molecule has 0 atom stereocenters. The summed E-state index contributed by atoms with van der Waals surface area (Å²) in [7, 11) is 2.72. The Kier molecular flexibility index (Phi) is 3.21. The lowest BCUT2D eigenvalue weighted by atomic mass is 10.1. The molecule has 5 nitrogen and oxygen atoms in total. The van der Waals surface area contributed by atoms with E-state index in [-0.39, 0.29) is 5.57 Å². The third-order valence-electron chi connectivity index (χ3n) is 3.00. The van der Waals surface area contributed by atoms with E-state index < -0.39 is 17.8 Å². The number of carbonyl (C=O) groups excluding carboxylic acids is 3. The van der Waals surface area contributed by atoms with Crippen LogP contribution in [0.2, 0.25) is 0 Å². The number of rotatable bonds is 1. The van der Waals surface area contributed by atoms with Crippen LogP contribution >= 0.6 is 0 Å². The van der Waals surface area contributed by atoms with Crippen LogP contribution < -0.4 is 0 Å². The van der Waals surface area contributed by atoms with Crippen LogP contribution in [0.4, 0.5) is 4.79 Å². The van der Waals surface area contributed by atoms with Crippen molar-refractivity contribution >= 4 is 23.9 Å². The highest BCUT2D eigenvalue weighted by atomic mass is 16.2. The van der Waals surface area contributed by atoms with Crippen molar-refractivity contribution in [1.82, 2.24) is 9.80 Å². The standard InChI is InChI=1S/C14H14N2O3/c1-9-5-4-6-10(7-9)8-11-12(17)15(2)14(19)16(3)13(11)18/h4-8H,1-3H3. The van der Waals surface area contributed by atoms with Crippen LogP contribution in [0.5, 0.6) is 0 Å². The Labute approximate surface area is 111 Å². The van der Waals surface area contributed by atoms with Crippen molar-refractivity contribution in [2.75, 3.05) is 14.1 Å². The molecule has 98 valence electrons. The van der Waals surface area contributed by atoms with E-state index in [1.165, 1.54) is 20.2 Å². The first-order chi connectivity index (χ1) is 8.91. The van der Waals surface area contributed by atoms with Crippen molar-refractivity contribution in [1.29, 1.82) is 0 Å². The summed E-state index contributed by atoms with van der Waals surface area (Å²) < 4.78 is 0. The lowest BCUT2D eigenvalue weighted by molar-refractivity contribution is -0.134. The molecule has 1 heterocycles. The minimum absolute atomic E-state index is 0.00444. The Hall–Kier alpha value is -2.43. The summed E-state index contributed by atoms with van der Waals surface area (Å²) in [6.07, 6.45) is 1.51. The third-order valence-corrected chi connectivity index (χ3v) is 3.00. The summed E-state index contributed by atoms with van der Waals surface area (Å²) >= 11 is 0. The highest BCUT2D eigenvalue weighted by molar-refractivity contribution is 6.30. The van der Waals surface area contributed by atoms with Crippen LogP contribution in [0.15, 0.2) is 29.8 Å². The van der Waals surface area contributed by atoms with E-state index in [0.717, 1.165) is 20.9 Å². The molecule has 0 bridgehead atoms. The lowest BCUT2D eigenvalue weighted by Crippen LogP contribution is -2.52. The molecule has 1 aromatic rings. The Balaban J connectivity index is 2.45. The number of urea groups is 1. The molecule has 4 amide bonds. The number of benzene rings is 1. The van der Waals surface area contributed by atoms with Crippen molar-refractivity contribution in [3.63, 3.8) is 0 Å². The maximum atomic E-state index is 12.0. The van der Waals surface area contributed by atoms with Gasteiger partial charge in [0, 0.05) is 14.1 Å². The van der Waals surface area contributed by atoms with Gasteiger partial charge in [-0.2, -0.15) is 0 Å². The molecule has 1 aromatic carbocycles. The molecule has 0 spiro atoms.